The summed E-state index contributed by atoms with van der Waals surface area (Å²) in [4.78, 5) is 36.2. The molecule has 1 unspecified atom stereocenters. The van der Waals surface area contributed by atoms with Crippen LogP contribution in [0.15, 0.2) is 12.1 Å². The van der Waals surface area contributed by atoms with Crippen LogP contribution in [0.4, 0.5) is 14.9 Å². The van der Waals surface area contributed by atoms with Gasteiger partial charge in [0.15, 0.2) is 5.82 Å². The van der Waals surface area contributed by atoms with Gasteiger partial charge in [0, 0.05) is 18.8 Å². The van der Waals surface area contributed by atoms with Crippen molar-refractivity contribution in [3.63, 3.8) is 0 Å². The van der Waals surface area contributed by atoms with Crippen molar-refractivity contribution < 1.29 is 28.6 Å². The number of rotatable bonds is 3. The minimum absolute atomic E-state index is 0.0833. The van der Waals surface area contributed by atoms with Gasteiger partial charge in [-0.1, -0.05) is 11.6 Å². The molecule has 0 radical (unpaired) electrons. The van der Waals surface area contributed by atoms with Crippen molar-refractivity contribution in [3.05, 3.63) is 28.5 Å². The molecule has 1 aliphatic heterocycles. The SMILES string of the molecule is COC(=O)c1cc(NC(=O)N2CCCC(C(=O)O)C2)cc(Cl)c1F. The summed E-state index contributed by atoms with van der Waals surface area (Å²) in [5.41, 5.74) is -0.286. The Morgan fingerprint density at radius 3 is 2.75 bits per heavy atom. The van der Waals surface area contributed by atoms with E-state index in [0.29, 0.717) is 19.4 Å². The zero-order chi connectivity index (χ0) is 17.9. The van der Waals surface area contributed by atoms with Crippen molar-refractivity contribution in [1.82, 2.24) is 4.90 Å². The largest absolute Gasteiger partial charge is 0.481 e. The predicted molar refractivity (Wildman–Crippen MR) is 83.7 cm³/mol. The van der Waals surface area contributed by atoms with Gasteiger partial charge in [-0.2, -0.15) is 0 Å². The lowest BCUT2D eigenvalue weighted by atomic mass is 9.99. The van der Waals surface area contributed by atoms with Gasteiger partial charge in [0.1, 0.15) is 0 Å². The Morgan fingerprint density at radius 1 is 1.42 bits per heavy atom. The Bertz CT molecular complexity index is 682. The minimum atomic E-state index is -0.953. The van der Waals surface area contributed by atoms with Crippen molar-refractivity contribution in [2.24, 2.45) is 5.92 Å². The predicted octanol–water partition coefficient (Wildman–Crippen LogP) is 2.59. The van der Waals surface area contributed by atoms with Gasteiger partial charge in [-0.15, -0.1) is 0 Å². The van der Waals surface area contributed by atoms with Crippen LogP contribution >= 0.6 is 11.6 Å². The number of methoxy groups -OCH3 is 1. The van der Waals surface area contributed by atoms with Crippen LogP contribution in [-0.4, -0.2) is 48.2 Å². The number of piperidine rings is 1. The summed E-state index contributed by atoms with van der Waals surface area (Å²) in [6.07, 6.45) is 1.08. The molecular formula is C15H16ClFN2O5. The van der Waals surface area contributed by atoms with Crippen LogP contribution in [0.1, 0.15) is 23.2 Å². The molecule has 1 aromatic carbocycles. The normalized spacial score (nSPS) is 17.3. The van der Waals surface area contributed by atoms with Gasteiger partial charge < -0.3 is 20.1 Å². The Balaban J connectivity index is 2.15. The van der Waals surface area contributed by atoms with Gasteiger partial charge in [-0.3, -0.25) is 4.79 Å². The van der Waals surface area contributed by atoms with Crippen LogP contribution in [0.25, 0.3) is 0 Å². The number of urea groups is 1. The third kappa shape index (κ3) is 3.94. The lowest BCUT2D eigenvalue weighted by molar-refractivity contribution is -0.143. The molecule has 1 aromatic rings. The molecule has 2 N–H and O–H groups in total. The first-order chi connectivity index (χ1) is 11.3. The van der Waals surface area contributed by atoms with Gasteiger partial charge >= 0.3 is 18.0 Å². The molecule has 0 spiro atoms. The third-order valence-corrected chi connectivity index (χ3v) is 4.02. The molecule has 2 amide bonds. The van der Waals surface area contributed by atoms with E-state index in [1.807, 2.05) is 0 Å². The number of aliphatic carboxylic acids is 1. The Hall–Kier alpha value is -2.35. The van der Waals surface area contributed by atoms with Crippen LogP contribution in [0.3, 0.4) is 0 Å². The van der Waals surface area contributed by atoms with Crippen molar-refractivity contribution in [2.45, 2.75) is 12.8 Å². The highest BCUT2D eigenvalue weighted by Gasteiger charge is 2.28. The summed E-state index contributed by atoms with van der Waals surface area (Å²) in [6, 6.07) is 1.74. The minimum Gasteiger partial charge on any atom is -0.481 e. The molecule has 1 saturated heterocycles. The number of nitrogens with zero attached hydrogens (tertiary/aromatic N) is 1. The van der Waals surface area contributed by atoms with Crippen LogP contribution in [0, 0.1) is 11.7 Å². The monoisotopic (exact) mass is 358 g/mol. The number of benzene rings is 1. The van der Waals surface area contributed by atoms with Crippen LogP contribution < -0.4 is 5.32 Å². The summed E-state index contributed by atoms with van der Waals surface area (Å²) in [5, 5.41) is 11.2. The number of carboxylic acids is 1. The quantitative estimate of drug-likeness (QED) is 0.810. The number of anilines is 1. The van der Waals surface area contributed by atoms with E-state index in [9.17, 15) is 18.8 Å². The lowest BCUT2D eigenvalue weighted by Crippen LogP contribution is -2.44. The summed E-state index contributed by atoms with van der Waals surface area (Å²) in [7, 11) is 1.10. The molecule has 130 valence electrons. The lowest BCUT2D eigenvalue weighted by Gasteiger charge is -2.30. The van der Waals surface area contributed by atoms with Crippen molar-refractivity contribution >= 4 is 35.3 Å². The number of halogens is 2. The molecule has 2 rings (SSSR count). The summed E-state index contributed by atoms with van der Waals surface area (Å²) in [5.74, 6) is -3.43. The summed E-state index contributed by atoms with van der Waals surface area (Å²) < 4.78 is 18.3. The fraction of sp³-hybridized carbons (Fsp3) is 0.400. The topological polar surface area (TPSA) is 95.9 Å². The molecule has 1 atom stereocenters. The highest BCUT2D eigenvalue weighted by atomic mass is 35.5. The van der Waals surface area contributed by atoms with Crippen LogP contribution in [0.5, 0.6) is 0 Å². The number of hydrogen-bond donors (Lipinski definition) is 2. The fourth-order valence-corrected chi connectivity index (χ4v) is 2.70. The number of carbonyl (C=O) groups is 3. The maximum atomic E-state index is 13.8. The average Bonchev–Trinajstić information content (AvgIpc) is 2.57. The van der Waals surface area contributed by atoms with Crippen LogP contribution in [0.2, 0.25) is 5.02 Å². The molecule has 1 fully saturated rings. The van der Waals surface area contributed by atoms with E-state index in [1.54, 1.807) is 0 Å². The first-order valence-corrected chi connectivity index (χ1v) is 7.57. The molecule has 1 heterocycles. The van der Waals surface area contributed by atoms with E-state index in [0.717, 1.165) is 13.2 Å². The Morgan fingerprint density at radius 2 is 2.12 bits per heavy atom. The van der Waals surface area contributed by atoms with E-state index < -0.39 is 35.3 Å². The van der Waals surface area contributed by atoms with Gasteiger partial charge in [0.2, 0.25) is 0 Å². The highest BCUT2D eigenvalue weighted by Crippen LogP contribution is 2.25. The van der Waals surface area contributed by atoms with E-state index in [2.05, 4.69) is 10.1 Å². The molecule has 0 bridgehead atoms. The fourth-order valence-electron chi connectivity index (χ4n) is 2.49. The first kappa shape index (κ1) is 18.0. The van der Waals surface area contributed by atoms with E-state index in [-0.39, 0.29) is 17.3 Å². The molecule has 0 aliphatic carbocycles. The van der Waals surface area contributed by atoms with Gasteiger partial charge in [-0.25, -0.2) is 14.0 Å². The average molecular weight is 359 g/mol. The number of ether oxygens (including phenoxy) is 1. The number of carbonyl (C=O) groups excluding carboxylic acids is 2. The second-order valence-corrected chi connectivity index (χ2v) is 5.77. The number of carboxylic acid groups (broad SMARTS) is 1. The molecule has 0 saturated carbocycles. The standard InChI is InChI=1S/C15H16ClFN2O5/c1-24-14(22)10-5-9(6-11(16)12(10)17)18-15(23)19-4-2-3-8(7-19)13(20)21/h5-6,8H,2-4,7H2,1H3,(H,18,23)(H,20,21). The Labute approximate surface area is 142 Å². The number of esters is 1. The molecular weight excluding hydrogens is 343 g/mol. The zero-order valence-corrected chi connectivity index (χ0v) is 13.6. The maximum absolute atomic E-state index is 13.8. The Kier molecular flexibility index (Phi) is 5.61. The van der Waals surface area contributed by atoms with Crippen molar-refractivity contribution in [3.8, 4) is 0 Å². The summed E-state index contributed by atoms with van der Waals surface area (Å²) >= 11 is 5.73. The first-order valence-electron chi connectivity index (χ1n) is 7.19. The van der Waals surface area contributed by atoms with Gasteiger partial charge in [0.05, 0.1) is 23.6 Å². The van der Waals surface area contributed by atoms with Gasteiger partial charge in [-0.05, 0) is 25.0 Å². The molecule has 7 nitrogen and oxygen atoms in total. The van der Waals surface area contributed by atoms with Crippen LogP contribution in [-0.2, 0) is 9.53 Å². The van der Waals surface area contributed by atoms with E-state index in [4.69, 9.17) is 16.7 Å². The van der Waals surface area contributed by atoms with Gasteiger partial charge in [0.25, 0.3) is 0 Å². The molecule has 0 aromatic heterocycles. The third-order valence-electron chi connectivity index (χ3n) is 3.74. The summed E-state index contributed by atoms with van der Waals surface area (Å²) in [6.45, 7) is 0.494. The number of likely N-dealkylation sites (tertiary alicyclic amines) is 1. The highest BCUT2D eigenvalue weighted by molar-refractivity contribution is 6.31. The zero-order valence-electron chi connectivity index (χ0n) is 12.8. The van der Waals surface area contributed by atoms with E-state index in [1.165, 1.54) is 11.0 Å². The maximum Gasteiger partial charge on any atom is 0.340 e. The molecule has 24 heavy (non-hydrogen) atoms. The van der Waals surface area contributed by atoms with E-state index >= 15 is 0 Å². The number of hydrogen-bond acceptors (Lipinski definition) is 4. The second-order valence-electron chi connectivity index (χ2n) is 5.36. The molecule has 1 aliphatic rings. The van der Waals surface area contributed by atoms with Crippen molar-refractivity contribution in [1.29, 1.82) is 0 Å². The molecule has 9 heteroatoms. The number of nitrogens with one attached hydrogen (secondary N) is 1. The van der Waals surface area contributed by atoms with Crippen molar-refractivity contribution in [2.75, 3.05) is 25.5 Å². The number of amides is 2. The smallest absolute Gasteiger partial charge is 0.340 e. The second kappa shape index (κ2) is 7.48.